The molecule has 0 spiro atoms. The van der Waals surface area contributed by atoms with Crippen LogP contribution in [0.4, 0.5) is 5.82 Å². The summed E-state index contributed by atoms with van der Waals surface area (Å²) in [6.07, 6.45) is 3.07. The average Bonchev–Trinajstić information content (AvgIpc) is 3.06. The zero-order chi connectivity index (χ0) is 18.1. The number of anilines is 1. The molecule has 0 aliphatic rings. The first-order valence-electron chi connectivity index (χ1n) is 8.57. The Hall–Kier alpha value is -3.58. The Morgan fingerprint density at radius 1 is 1.08 bits per heavy atom. The van der Waals surface area contributed by atoms with E-state index in [1.807, 2.05) is 30.3 Å². The van der Waals surface area contributed by atoms with Gasteiger partial charge in [-0.15, -0.1) is 0 Å². The number of aryl methyl sites for hydroxylation is 1. The van der Waals surface area contributed by atoms with Crippen molar-refractivity contribution < 1.29 is 0 Å². The van der Waals surface area contributed by atoms with Crippen LogP contribution in [0.25, 0.3) is 27.8 Å². The van der Waals surface area contributed by atoms with Crippen LogP contribution in [0.5, 0.6) is 0 Å². The van der Waals surface area contributed by atoms with Gasteiger partial charge in [-0.2, -0.15) is 5.26 Å². The molecular formula is C22H18N4. The van der Waals surface area contributed by atoms with Crippen LogP contribution in [0.15, 0.2) is 66.9 Å². The van der Waals surface area contributed by atoms with Gasteiger partial charge in [0.1, 0.15) is 5.82 Å². The van der Waals surface area contributed by atoms with Crippen molar-refractivity contribution in [3.05, 3.63) is 78.0 Å². The molecule has 0 aliphatic carbocycles. The molecule has 0 aliphatic heterocycles. The lowest BCUT2D eigenvalue weighted by molar-refractivity contribution is 1.10. The summed E-state index contributed by atoms with van der Waals surface area (Å²) >= 11 is 0. The highest BCUT2D eigenvalue weighted by molar-refractivity contribution is 5.97. The Labute approximate surface area is 152 Å². The molecule has 0 amide bonds. The molecule has 0 radical (unpaired) electrons. The number of nitrogens with zero attached hydrogens (tertiary/aromatic N) is 3. The zero-order valence-corrected chi connectivity index (χ0v) is 14.5. The molecule has 4 aromatic rings. The van der Waals surface area contributed by atoms with Crippen LogP contribution in [0, 0.1) is 11.3 Å². The predicted molar refractivity (Wildman–Crippen MR) is 105 cm³/mol. The maximum Gasteiger partial charge on any atom is 0.124 e. The van der Waals surface area contributed by atoms with Crippen molar-refractivity contribution in [2.24, 2.45) is 0 Å². The van der Waals surface area contributed by atoms with Crippen LogP contribution in [0.1, 0.15) is 18.1 Å². The van der Waals surface area contributed by atoms with Gasteiger partial charge in [-0.05, 0) is 54.4 Å². The topological polar surface area (TPSA) is 67.6 Å². The molecule has 26 heavy (non-hydrogen) atoms. The van der Waals surface area contributed by atoms with Crippen molar-refractivity contribution in [3.63, 3.8) is 0 Å². The highest BCUT2D eigenvalue weighted by Gasteiger charge is 2.13. The highest BCUT2D eigenvalue weighted by atomic mass is 15.0. The smallest absolute Gasteiger partial charge is 0.124 e. The summed E-state index contributed by atoms with van der Waals surface area (Å²) in [6, 6.07) is 22.1. The number of hydrogen-bond acceptors (Lipinski definition) is 3. The molecule has 126 valence electrons. The molecule has 0 saturated heterocycles. The molecule has 0 fully saturated rings. The monoisotopic (exact) mass is 338 g/mol. The molecular weight excluding hydrogens is 320 g/mol. The third-order valence-electron chi connectivity index (χ3n) is 4.60. The van der Waals surface area contributed by atoms with Crippen LogP contribution < -0.4 is 5.73 Å². The second kappa shape index (κ2) is 6.38. The van der Waals surface area contributed by atoms with Crippen molar-refractivity contribution >= 4 is 16.7 Å². The van der Waals surface area contributed by atoms with Crippen molar-refractivity contribution in [2.75, 3.05) is 5.73 Å². The van der Waals surface area contributed by atoms with E-state index in [9.17, 15) is 5.26 Å². The van der Waals surface area contributed by atoms with Gasteiger partial charge in [-0.3, -0.25) is 0 Å². The third kappa shape index (κ3) is 2.70. The first kappa shape index (κ1) is 15.9. The third-order valence-corrected chi connectivity index (χ3v) is 4.60. The molecule has 4 rings (SSSR count). The van der Waals surface area contributed by atoms with Crippen molar-refractivity contribution in [2.45, 2.75) is 13.3 Å². The lowest BCUT2D eigenvalue weighted by atomic mass is 10.1. The van der Waals surface area contributed by atoms with Gasteiger partial charge in [0.25, 0.3) is 0 Å². The summed E-state index contributed by atoms with van der Waals surface area (Å²) < 4.78 is 2.14. The standard InChI is InChI=1S/C22H18N4/c1-2-15-6-9-17(10-7-15)26-14-19(20-4-3-5-22(24)25-20)18-12-16(13-23)8-11-21(18)26/h3-12,14H,2H2,1H3,(H2,24,25). The minimum atomic E-state index is 0.479. The van der Waals surface area contributed by atoms with E-state index in [1.165, 1.54) is 5.56 Å². The first-order valence-corrected chi connectivity index (χ1v) is 8.57. The molecule has 2 N–H and O–H groups in total. The minimum absolute atomic E-state index is 0.479. The van der Waals surface area contributed by atoms with Crippen molar-refractivity contribution in [3.8, 4) is 23.0 Å². The average molecular weight is 338 g/mol. The number of hydrogen-bond donors (Lipinski definition) is 1. The summed E-state index contributed by atoms with van der Waals surface area (Å²) in [5.74, 6) is 0.479. The number of benzene rings is 2. The molecule has 2 heterocycles. The molecule has 0 saturated carbocycles. The maximum absolute atomic E-state index is 9.29. The Morgan fingerprint density at radius 3 is 2.58 bits per heavy atom. The Kier molecular flexibility index (Phi) is 3.91. The predicted octanol–water partition coefficient (Wildman–Crippen LogP) is 4.71. The van der Waals surface area contributed by atoms with Crippen LogP contribution in [0.2, 0.25) is 0 Å². The van der Waals surface area contributed by atoms with E-state index in [-0.39, 0.29) is 0 Å². The fourth-order valence-corrected chi connectivity index (χ4v) is 3.21. The van der Waals surface area contributed by atoms with E-state index in [1.54, 1.807) is 6.07 Å². The lowest BCUT2D eigenvalue weighted by Gasteiger charge is -2.06. The van der Waals surface area contributed by atoms with Gasteiger partial charge < -0.3 is 10.3 Å². The minimum Gasteiger partial charge on any atom is -0.384 e. The second-order valence-electron chi connectivity index (χ2n) is 6.22. The largest absolute Gasteiger partial charge is 0.384 e. The SMILES string of the molecule is CCc1ccc(-n2cc(-c3cccc(N)n3)c3cc(C#N)ccc32)cc1. The van der Waals surface area contributed by atoms with E-state index >= 15 is 0 Å². The molecule has 0 bridgehead atoms. The van der Waals surface area contributed by atoms with Gasteiger partial charge in [0.05, 0.1) is 22.8 Å². The number of nitrogens with two attached hydrogens (primary N) is 1. The van der Waals surface area contributed by atoms with E-state index < -0.39 is 0 Å². The normalized spacial score (nSPS) is 10.8. The van der Waals surface area contributed by atoms with Crippen LogP contribution in [-0.4, -0.2) is 9.55 Å². The Balaban J connectivity index is 1.98. The van der Waals surface area contributed by atoms with Crippen LogP contribution in [0.3, 0.4) is 0 Å². The molecule has 2 aromatic carbocycles. The number of fused-ring (bicyclic) bond motifs is 1. The summed E-state index contributed by atoms with van der Waals surface area (Å²) in [6.45, 7) is 2.15. The first-order chi connectivity index (χ1) is 12.7. The van der Waals surface area contributed by atoms with E-state index in [0.29, 0.717) is 11.4 Å². The van der Waals surface area contributed by atoms with Crippen LogP contribution in [-0.2, 0) is 6.42 Å². The summed E-state index contributed by atoms with van der Waals surface area (Å²) in [4.78, 5) is 4.46. The van der Waals surface area contributed by atoms with Gasteiger partial charge >= 0.3 is 0 Å². The fourth-order valence-electron chi connectivity index (χ4n) is 3.21. The second-order valence-corrected chi connectivity index (χ2v) is 6.22. The number of nitrogen functional groups attached to an aromatic ring is 1. The Bertz CT molecular complexity index is 1130. The summed E-state index contributed by atoms with van der Waals surface area (Å²) in [5.41, 5.74) is 11.7. The van der Waals surface area contributed by atoms with Gasteiger partial charge in [-0.25, -0.2) is 4.98 Å². The fraction of sp³-hybridized carbons (Fsp3) is 0.0909. The zero-order valence-electron chi connectivity index (χ0n) is 14.5. The highest BCUT2D eigenvalue weighted by Crippen LogP contribution is 2.32. The van der Waals surface area contributed by atoms with Crippen molar-refractivity contribution in [1.29, 1.82) is 5.26 Å². The maximum atomic E-state index is 9.29. The molecule has 2 aromatic heterocycles. The summed E-state index contributed by atoms with van der Waals surface area (Å²) in [5, 5.41) is 10.3. The van der Waals surface area contributed by atoms with Gasteiger partial charge in [0.15, 0.2) is 0 Å². The Morgan fingerprint density at radius 2 is 1.88 bits per heavy atom. The number of pyridine rings is 1. The van der Waals surface area contributed by atoms with Crippen LogP contribution >= 0.6 is 0 Å². The molecule has 4 heteroatoms. The van der Waals surface area contributed by atoms with Gasteiger partial charge in [0.2, 0.25) is 0 Å². The summed E-state index contributed by atoms with van der Waals surface area (Å²) in [7, 11) is 0. The van der Waals surface area contributed by atoms with Gasteiger partial charge in [0, 0.05) is 22.8 Å². The molecule has 0 unspecified atom stereocenters. The van der Waals surface area contributed by atoms with Gasteiger partial charge in [-0.1, -0.05) is 25.1 Å². The number of nitriles is 1. The molecule has 0 atom stereocenters. The molecule has 4 nitrogen and oxygen atoms in total. The lowest BCUT2D eigenvalue weighted by Crippen LogP contribution is -1.92. The quantitative estimate of drug-likeness (QED) is 0.588. The van der Waals surface area contributed by atoms with E-state index in [0.717, 1.165) is 34.3 Å². The van der Waals surface area contributed by atoms with E-state index in [2.05, 4.69) is 53.0 Å². The van der Waals surface area contributed by atoms with E-state index in [4.69, 9.17) is 5.73 Å². The number of rotatable bonds is 3. The number of aromatic nitrogens is 2. The van der Waals surface area contributed by atoms with Crippen molar-refractivity contribution in [1.82, 2.24) is 9.55 Å².